The van der Waals surface area contributed by atoms with Gasteiger partial charge in [0.1, 0.15) is 6.07 Å². The standard InChI is InChI=1S/C3H3NO2S/c4-1-2-6-3(5)7/h2H2,(H,5,7). The molecule has 3 nitrogen and oxygen atoms in total. The quantitative estimate of drug-likeness (QED) is 0.504. The molecule has 0 aliphatic rings. The van der Waals surface area contributed by atoms with Crippen molar-refractivity contribution < 1.29 is 9.84 Å². The zero-order valence-electron chi connectivity index (χ0n) is 3.42. The van der Waals surface area contributed by atoms with Crippen LogP contribution in [0.4, 0.5) is 0 Å². The summed E-state index contributed by atoms with van der Waals surface area (Å²) in [5.74, 6) is 0. The number of nitrogens with zero attached hydrogens (tertiary/aromatic N) is 1. The van der Waals surface area contributed by atoms with E-state index in [2.05, 4.69) is 17.0 Å². The van der Waals surface area contributed by atoms with Crippen LogP contribution in [-0.2, 0) is 4.74 Å². The van der Waals surface area contributed by atoms with Crippen LogP contribution in [0.5, 0.6) is 0 Å². The molecule has 0 spiro atoms. The summed E-state index contributed by atoms with van der Waals surface area (Å²) < 4.78 is 4.12. The molecule has 0 unspecified atom stereocenters. The minimum atomic E-state index is -0.582. The summed E-state index contributed by atoms with van der Waals surface area (Å²) in [6.07, 6.45) is 0. The van der Waals surface area contributed by atoms with E-state index < -0.39 is 5.24 Å². The lowest BCUT2D eigenvalue weighted by Crippen LogP contribution is -1.98. The highest BCUT2D eigenvalue weighted by atomic mass is 32.1. The van der Waals surface area contributed by atoms with Crippen LogP contribution in [0.15, 0.2) is 0 Å². The smallest absolute Gasteiger partial charge is 0.350 e. The Morgan fingerprint density at radius 1 is 2.00 bits per heavy atom. The Kier molecular flexibility index (Phi) is 2.98. The van der Waals surface area contributed by atoms with E-state index >= 15 is 0 Å². The van der Waals surface area contributed by atoms with Gasteiger partial charge >= 0.3 is 5.24 Å². The van der Waals surface area contributed by atoms with E-state index in [-0.39, 0.29) is 6.61 Å². The molecule has 0 aromatic carbocycles. The van der Waals surface area contributed by atoms with Crippen LogP contribution in [0.2, 0.25) is 0 Å². The number of aliphatic hydroxyl groups excluding tert-OH is 1. The summed E-state index contributed by atoms with van der Waals surface area (Å²) >= 11 is 4.04. The molecule has 4 heteroatoms. The zero-order chi connectivity index (χ0) is 5.70. The van der Waals surface area contributed by atoms with Crippen molar-refractivity contribution in [1.29, 1.82) is 5.26 Å². The monoisotopic (exact) mass is 117 g/mol. The number of ether oxygens (including phenoxy) is 1. The minimum Gasteiger partial charge on any atom is -0.472 e. The van der Waals surface area contributed by atoms with Crippen LogP contribution < -0.4 is 0 Å². The van der Waals surface area contributed by atoms with Crippen molar-refractivity contribution in [1.82, 2.24) is 0 Å². The number of thiocarbonyl (C=S) groups is 1. The van der Waals surface area contributed by atoms with E-state index in [4.69, 9.17) is 10.4 Å². The second kappa shape index (κ2) is 3.37. The molecule has 0 saturated heterocycles. The lowest BCUT2D eigenvalue weighted by Gasteiger charge is -1.89. The van der Waals surface area contributed by atoms with Gasteiger partial charge in [-0.25, -0.2) is 0 Å². The maximum Gasteiger partial charge on any atom is 0.350 e. The molecule has 0 aliphatic carbocycles. The van der Waals surface area contributed by atoms with Crippen LogP contribution in [-0.4, -0.2) is 17.0 Å². The number of aliphatic hydroxyl groups is 1. The minimum absolute atomic E-state index is 0.185. The van der Waals surface area contributed by atoms with E-state index in [9.17, 15) is 0 Å². The highest BCUT2D eigenvalue weighted by molar-refractivity contribution is 7.79. The van der Waals surface area contributed by atoms with E-state index in [1.165, 1.54) is 0 Å². The fourth-order valence-electron chi connectivity index (χ4n) is 0.0940. The normalized spacial score (nSPS) is 6.71. The Balaban J connectivity index is 3.02. The molecule has 0 heterocycles. The molecular formula is C3H3NO2S. The van der Waals surface area contributed by atoms with Crippen molar-refractivity contribution in [2.45, 2.75) is 0 Å². The van der Waals surface area contributed by atoms with Crippen LogP contribution in [0.25, 0.3) is 0 Å². The molecule has 0 radical (unpaired) electrons. The molecule has 0 aliphatic heterocycles. The molecule has 0 atom stereocenters. The first-order valence-electron chi connectivity index (χ1n) is 1.50. The Morgan fingerprint density at radius 2 is 2.57 bits per heavy atom. The van der Waals surface area contributed by atoms with Gasteiger partial charge in [-0.3, -0.25) is 0 Å². The molecule has 38 valence electrons. The molecule has 1 N–H and O–H groups in total. The summed E-state index contributed by atoms with van der Waals surface area (Å²) in [5, 5.41) is 15.2. The largest absolute Gasteiger partial charge is 0.472 e. The predicted molar refractivity (Wildman–Crippen MR) is 26.8 cm³/mol. The molecule has 0 amide bonds. The molecule has 0 aromatic rings. The molecule has 0 rings (SSSR count). The first kappa shape index (κ1) is 6.18. The summed E-state index contributed by atoms with van der Waals surface area (Å²) in [4.78, 5) is 0. The Bertz CT molecular complexity index is 106. The third kappa shape index (κ3) is 5.18. The molecule has 0 fully saturated rings. The molecule has 0 bridgehead atoms. The topological polar surface area (TPSA) is 53.2 Å². The fraction of sp³-hybridized carbons (Fsp3) is 0.333. The van der Waals surface area contributed by atoms with Gasteiger partial charge in [-0.05, 0) is 0 Å². The molecule has 0 saturated carbocycles. The number of rotatable bonds is 1. The maximum absolute atomic E-state index is 8.04. The lowest BCUT2D eigenvalue weighted by atomic mass is 10.8. The highest BCUT2D eigenvalue weighted by Crippen LogP contribution is 1.71. The lowest BCUT2D eigenvalue weighted by molar-refractivity contribution is 0.276. The van der Waals surface area contributed by atoms with E-state index in [0.717, 1.165) is 0 Å². The van der Waals surface area contributed by atoms with Gasteiger partial charge in [-0.1, -0.05) is 0 Å². The van der Waals surface area contributed by atoms with Gasteiger partial charge in [0.05, 0.1) is 0 Å². The fourth-order valence-corrected chi connectivity index (χ4v) is 0.153. The summed E-state index contributed by atoms with van der Waals surface area (Å²) in [7, 11) is 0. The third-order valence-electron chi connectivity index (χ3n) is 0.260. The maximum atomic E-state index is 8.04. The highest BCUT2D eigenvalue weighted by Gasteiger charge is 1.84. The SMILES string of the molecule is N#CCOC(O)=S. The molecule has 0 aromatic heterocycles. The third-order valence-corrected chi connectivity index (χ3v) is 0.378. The average molecular weight is 117 g/mol. The first-order valence-corrected chi connectivity index (χ1v) is 1.91. The average Bonchev–Trinajstić information content (AvgIpc) is 1.61. The number of nitriles is 1. The van der Waals surface area contributed by atoms with Gasteiger partial charge in [-0.15, -0.1) is 0 Å². The van der Waals surface area contributed by atoms with Gasteiger partial charge in [0, 0.05) is 12.2 Å². The van der Waals surface area contributed by atoms with E-state index in [1.807, 2.05) is 0 Å². The van der Waals surface area contributed by atoms with Crippen molar-refractivity contribution in [2.75, 3.05) is 6.61 Å². The molecular weight excluding hydrogens is 114 g/mol. The van der Waals surface area contributed by atoms with Crippen LogP contribution >= 0.6 is 12.2 Å². The van der Waals surface area contributed by atoms with Gasteiger partial charge in [0.2, 0.25) is 0 Å². The van der Waals surface area contributed by atoms with Crippen LogP contribution in [0.1, 0.15) is 0 Å². The van der Waals surface area contributed by atoms with E-state index in [0.29, 0.717) is 0 Å². The van der Waals surface area contributed by atoms with Crippen molar-refractivity contribution in [3.8, 4) is 6.07 Å². The van der Waals surface area contributed by atoms with Crippen molar-refractivity contribution in [3.05, 3.63) is 0 Å². The van der Waals surface area contributed by atoms with Crippen molar-refractivity contribution in [2.24, 2.45) is 0 Å². The Labute approximate surface area is 46.1 Å². The Hall–Kier alpha value is -0.820. The van der Waals surface area contributed by atoms with Crippen LogP contribution in [0.3, 0.4) is 0 Å². The zero-order valence-corrected chi connectivity index (χ0v) is 4.23. The summed E-state index contributed by atoms with van der Waals surface area (Å²) in [5.41, 5.74) is 0. The van der Waals surface area contributed by atoms with Gasteiger partial charge < -0.3 is 9.84 Å². The summed E-state index contributed by atoms with van der Waals surface area (Å²) in [6, 6.07) is 1.63. The molecule has 7 heavy (non-hydrogen) atoms. The van der Waals surface area contributed by atoms with Crippen LogP contribution in [0, 0.1) is 11.3 Å². The second-order valence-electron chi connectivity index (χ2n) is 0.713. The Morgan fingerprint density at radius 3 is 2.71 bits per heavy atom. The van der Waals surface area contributed by atoms with Gasteiger partial charge in [0.25, 0.3) is 0 Å². The van der Waals surface area contributed by atoms with E-state index in [1.54, 1.807) is 6.07 Å². The second-order valence-corrected chi connectivity index (χ2v) is 1.06. The summed E-state index contributed by atoms with van der Waals surface area (Å²) in [6.45, 7) is -0.185. The van der Waals surface area contributed by atoms with Crippen molar-refractivity contribution >= 4 is 17.5 Å². The van der Waals surface area contributed by atoms with Crippen molar-refractivity contribution in [3.63, 3.8) is 0 Å². The predicted octanol–water partition coefficient (Wildman–Crippen LogP) is 0.369. The van der Waals surface area contributed by atoms with Gasteiger partial charge in [0.15, 0.2) is 6.61 Å². The van der Waals surface area contributed by atoms with Gasteiger partial charge in [-0.2, -0.15) is 5.26 Å². The number of hydrogen-bond donors (Lipinski definition) is 1. The number of hydrogen-bond acceptors (Lipinski definition) is 3. The first-order chi connectivity index (χ1) is 3.27.